The summed E-state index contributed by atoms with van der Waals surface area (Å²) in [4.78, 5) is 9.16. The minimum absolute atomic E-state index is 0.0942. The summed E-state index contributed by atoms with van der Waals surface area (Å²) in [6, 6.07) is 14.3. The maximum Gasteiger partial charge on any atom is 0.161 e. The molecule has 2 aromatic carbocycles. The quantitative estimate of drug-likeness (QED) is 0.503. The fraction of sp³-hybridized carbons (Fsp3) is 0.190. The summed E-state index contributed by atoms with van der Waals surface area (Å²) >= 11 is 0. The minimum Gasteiger partial charge on any atom is -0.380 e. The highest BCUT2D eigenvalue weighted by Gasteiger charge is 2.27. The van der Waals surface area contributed by atoms with Gasteiger partial charge in [-0.15, -0.1) is 0 Å². The highest BCUT2D eigenvalue weighted by atomic mass is 15.1. The molecule has 0 unspecified atom stereocenters. The van der Waals surface area contributed by atoms with Gasteiger partial charge in [-0.2, -0.15) is 5.10 Å². The summed E-state index contributed by atoms with van der Waals surface area (Å²) in [7, 11) is 0. The van der Waals surface area contributed by atoms with Crippen LogP contribution in [0.4, 0.5) is 17.2 Å². The summed E-state index contributed by atoms with van der Waals surface area (Å²) in [5.74, 6) is 1.47. The van der Waals surface area contributed by atoms with Gasteiger partial charge in [0.15, 0.2) is 5.82 Å². The summed E-state index contributed by atoms with van der Waals surface area (Å²) in [6.07, 6.45) is 4.62. The third-order valence-corrected chi connectivity index (χ3v) is 4.84. The van der Waals surface area contributed by atoms with E-state index in [1.54, 1.807) is 6.20 Å². The summed E-state index contributed by atoms with van der Waals surface area (Å²) in [6.45, 7) is 4.43. The largest absolute Gasteiger partial charge is 0.380 e. The molecule has 0 fully saturated rings. The molecule has 0 atom stereocenters. The number of hydrogen-bond acceptors (Lipinski definition) is 5. The number of rotatable bonds is 3. The second-order valence-corrected chi connectivity index (χ2v) is 7.62. The first-order valence-corrected chi connectivity index (χ1v) is 9.00. The van der Waals surface area contributed by atoms with Crippen molar-refractivity contribution < 1.29 is 0 Å². The molecule has 6 heteroatoms. The first-order chi connectivity index (χ1) is 13.1. The molecular formula is C21H20N6. The Balaban J connectivity index is 1.44. The topological polar surface area (TPSA) is 78.5 Å². The number of anilines is 3. The third kappa shape index (κ3) is 2.99. The Kier molecular flexibility index (Phi) is 3.40. The third-order valence-electron chi connectivity index (χ3n) is 4.84. The molecule has 4 aromatic rings. The van der Waals surface area contributed by atoms with Crippen LogP contribution in [0.2, 0.25) is 0 Å². The zero-order chi connectivity index (χ0) is 18.4. The van der Waals surface area contributed by atoms with Gasteiger partial charge < -0.3 is 10.6 Å². The number of H-pyrrole nitrogens is 1. The Morgan fingerprint density at radius 2 is 2.00 bits per heavy atom. The van der Waals surface area contributed by atoms with E-state index in [9.17, 15) is 0 Å². The lowest BCUT2D eigenvalue weighted by molar-refractivity contribution is 0.594. The van der Waals surface area contributed by atoms with Gasteiger partial charge in [0.1, 0.15) is 5.82 Å². The van der Waals surface area contributed by atoms with Crippen LogP contribution >= 0.6 is 0 Å². The van der Waals surface area contributed by atoms with Crippen LogP contribution in [0.15, 0.2) is 54.9 Å². The van der Waals surface area contributed by atoms with Gasteiger partial charge in [0, 0.05) is 34.1 Å². The average molecular weight is 356 g/mol. The molecular weight excluding hydrogens is 336 g/mol. The second-order valence-electron chi connectivity index (χ2n) is 7.62. The van der Waals surface area contributed by atoms with Gasteiger partial charge in [-0.1, -0.05) is 12.1 Å². The molecule has 0 saturated heterocycles. The van der Waals surface area contributed by atoms with Crippen LogP contribution < -0.4 is 10.6 Å². The van der Waals surface area contributed by atoms with Crippen molar-refractivity contribution in [3.63, 3.8) is 0 Å². The average Bonchev–Trinajstić information content (AvgIpc) is 3.22. The van der Waals surface area contributed by atoms with Gasteiger partial charge in [-0.25, -0.2) is 9.97 Å². The fourth-order valence-electron chi connectivity index (χ4n) is 3.61. The van der Waals surface area contributed by atoms with Crippen LogP contribution in [0.3, 0.4) is 0 Å². The van der Waals surface area contributed by atoms with Gasteiger partial charge in [-0.05, 0) is 56.2 Å². The fourth-order valence-corrected chi connectivity index (χ4v) is 3.61. The zero-order valence-electron chi connectivity index (χ0n) is 15.2. The Bertz CT molecular complexity index is 1140. The van der Waals surface area contributed by atoms with Gasteiger partial charge in [0.2, 0.25) is 0 Å². The van der Waals surface area contributed by atoms with E-state index in [1.807, 2.05) is 30.5 Å². The number of nitrogens with one attached hydrogen (secondary N) is 3. The normalized spacial score (nSPS) is 14.7. The predicted molar refractivity (Wildman–Crippen MR) is 108 cm³/mol. The molecule has 6 nitrogen and oxygen atoms in total. The molecule has 27 heavy (non-hydrogen) atoms. The molecule has 1 aliphatic heterocycles. The smallest absolute Gasteiger partial charge is 0.161 e. The SMILES string of the molecule is CC1(C)Cc2ccc(-c3nccc(Nc4ccc5[nH]ncc5c4)n3)cc2N1. The lowest BCUT2D eigenvalue weighted by atomic mass is 10.00. The molecule has 3 heterocycles. The Morgan fingerprint density at radius 1 is 1.07 bits per heavy atom. The molecule has 0 spiro atoms. The molecule has 2 aromatic heterocycles. The Morgan fingerprint density at radius 3 is 2.93 bits per heavy atom. The van der Waals surface area contributed by atoms with Gasteiger partial charge >= 0.3 is 0 Å². The van der Waals surface area contributed by atoms with Crippen LogP contribution in [0.1, 0.15) is 19.4 Å². The number of aromatic amines is 1. The highest BCUT2D eigenvalue weighted by molar-refractivity contribution is 5.82. The molecule has 5 rings (SSSR count). The van der Waals surface area contributed by atoms with Crippen molar-refractivity contribution in [3.05, 3.63) is 60.4 Å². The summed E-state index contributed by atoms with van der Waals surface area (Å²) < 4.78 is 0. The van der Waals surface area contributed by atoms with Crippen molar-refractivity contribution in [2.24, 2.45) is 0 Å². The van der Waals surface area contributed by atoms with Crippen LogP contribution in [-0.2, 0) is 6.42 Å². The monoisotopic (exact) mass is 356 g/mol. The van der Waals surface area contributed by atoms with E-state index in [0.29, 0.717) is 5.82 Å². The van der Waals surface area contributed by atoms with Gasteiger partial charge in [-0.3, -0.25) is 5.10 Å². The number of nitrogens with zero attached hydrogens (tertiary/aromatic N) is 3. The number of benzene rings is 2. The van der Waals surface area contributed by atoms with Crippen molar-refractivity contribution in [3.8, 4) is 11.4 Å². The standard InChI is InChI=1S/C21H20N6/c1-21(2)11-14-4-3-13(10-18(14)26-21)20-22-8-7-19(25-20)24-16-5-6-17-15(9-16)12-23-27-17/h3-10,12,26H,11H2,1-2H3,(H,23,27)(H,22,24,25). The molecule has 0 aliphatic carbocycles. The van der Waals surface area contributed by atoms with E-state index >= 15 is 0 Å². The Hall–Kier alpha value is -3.41. The first kappa shape index (κ1) is 15.8. The lowest BCUT2D eigenvalue weighted by Gasteiger charge is -2.18. The lowest BCUT2D eigenvalue weighted by Crippen LogP contribution is -2.27. The van der Waals surface area contributed by atoms with Crippen molar-refractivity contribution in [1.82, 2.24) is 20.2 Å². The predicted octanol–water partition coefficient (Wildman–Crippen LogP) is 4.51. The zero-order valence-corrected chi connectivity index (χ0v) is 15.2. The van der Waals surface area contributed by atoms with Crippen molar-refractivity contribution >= 4 is 28.1 Å². The van der Waals surface area contributed by atoms with E-state index in [0.717, 1.165) is 34.4 Å². The van der Waals surface area contributed by atoms with E-state index in [4.69, 9.17) is 4.98 Å². The molecule has 3 N–H and O–H groups in total. The molecule has 0 amide bonds. The molecule has 0 bridgehead atoms. The number of hydrogen-bond donors (Lipinski definition) is 3. The van der Waals surface area contributed by atoms with E-state index in [-0.39, 0.29) is 5.54 Å². The van der Waals surface area contributed by atoms with Crippen LogP contribution in [0.5, 0.6) is 0 Å². The van der Waals surface area contributed by atoms with E-state index in [1.165, 1.54) is 11.3 Å². The van der Waals surface area contributed by atoms with E-state index in [2.05, 4.69) is 57.9 Å². The molecule has 1 aliphatic rings. The van der Waals surface area contributed by atoms with Gasteiger partial charge in [0.05, 0.1) is 11.7 Å². The van der Waals surface area contributed by atoms with Crippen molar-refractivity contribution in [2.75, 3.05) is 10.6 Å². The second kappa shape index (κ2) is 5.81. The molecule has 0 saturated carbocycles. The minimum atomic E-state index is 0.0942. The van der Waals surface area contributed by atoms with Crippen LogP contribution in [0, 0.1) is 0 Å². The van der Waals surface area contributed by atoms with Crippen molar-refractivity contribution in [2.45, 2.75) is 25.8 Å². The molecule has 134 valence electrons. The first-order valence-electron chi connectivity index (χ1n) is 9.00. The number of aromatic nitrogens is 4. The number of fused-ring (bicyclic) bond motifs is 2. The summed E-state index contributed by atoms with van der Waals surface area (Å²) in [5, 5.41) is 15.0. The summed E-state index contributed by atoms with van der Waals surface area (Å²) in [5.41, 5.74) is 5.59. The maximum atomic E-state index is 4.69. The maximum absolute atomic E-state index is 4.69. The Labute approximate surface area is 157 Å². The highest BCUT2D eigenvalue weighted by Crippen LogP contribution is 2.34. The van der Waals surface area contributed by atoms with Crippen LogP contribution in [0.25, 0.3) is 22.3 Å². The molecule has 0 radical (unpaired) electrons. The van der Waals surface area contributed by atoms with Crippen LogP contribution in [-0.4, -0.2) is 25.7 Å². The van der Waals surface area contributed by atoms with Crippen molar-refractivity contribution in [1.29, 1.82) is 0 Å². The van der Waals surface area contributed by atoms with Gasteiger partial charge in [0.25, 0.3) is 0 Å². The van der Waals surface area contributed by atoms with E-state index < -0.39 is 0 Å².